The maximum absolute atomic E-state index is 12.0. The molecule has 144 valence electrons. The molecule has 2 aromatic carbocycles. The van der Waals surface area contributed by atoms with E-state index in [4.69, 9.17) is 0 Å². The van der Waals surface area contributed by atoms with E-state index in [0.717, 1.165) is 0 Å². The van der Waals surface area contributed by atoms with Gasteiger partial charge in [-0.3, -0.25) is 19.7 Å². The zero-order valence-electron chi connectivity index (χ0n) is 15.0. The highest BCUT2D eigenvalue weighted by atomic mass is 16.6. The van der Waals surface area contributed by atoms with Gasteiger partial charge in [-0.1, -0.05) is 24.3 Å². The number of aryl methyl sites for hydroxylation is 1. The summed E-state index contributed by atoms with van der Waals surface area (Å²) < 4.78 is 0. The number of carbonyl (C=O) groups excluding carboxylic acids is 1. The molecule has 0 spiro atoms. The van der Waals surface area contributed by atoms with E-state index >= 15 is 0 Å². The average Bonchev–Trinajstić information content (AvgIpc) is 2.70. The third-order valence-electron chi connectivity index (χ3n) is 4.11. The first kappa shape index (κ1) is 19.0. The zero-order chi connectivity index (χ0) is 19.9. The Kier molecular flexibility index (Phi) is 5.95. The predicted octanol–water partition coefficient (Wildman–Crippen LogP) is 1.99. The van der Waals surface area contributed by atoms with Crippen LogP contribution in [0.3, 0.4) is 0 Å². The third kappa shape index (κ3) is 4.70. The van der Waals surface area contributed by atoms with E-state index < -0.39 is 4.92 Å². The molecule has 1 amide bonds. The summed E-state index contributed by atoms with van der Waals surface area (Å²) in [6.45, 7) is 0.661. The topological polar surface area (TPSA) is 130 Å². The van der Waals surface area contributed by atoms with Crippen molar-refractivity contribution in [1.29, 1.82) is 0 Å². The lowest BCUT2D eigenvalue weighted by Gasteiger charge is -2.08. The van der Waals surface area contributed by atoms with Crippen LogP contribution in [-0.2, 0) is 11.2 Å². The molecule has 0 saturated heterocycles. The van der Waals surface area contributed by atoms with Crippen LogP contribution in [0.2, 0.25) is 0 Å². The van der Waals surface area contributed by atoms with Crippen molar-refractivity contribution in [3.8, 4) is 0 Å². The molecule has 0 fully saturated rings. The molecule has 0 saturated carbocycles. The first-order chi connectivity index (χ1) is 13.5. The van der Waals surface area contributed by atoms with Gasteiger partial charge in [-0.05, 0) is 18.2 Å². The van der Waals surface area contributed by atoms with Crippen LogP contribution < -0.4 is 16.2 Å². The number of nitrogens with one attached hydrogen (secondary N) is 3. The number of hydrogen-bond acceptors (Lipinski definition) is 6. The second-order valence-corrected chi connectivity index (χ2v) is 6.08. The average molecular weight is 381 g/mol. The number of aromatic nitrogens is 2. The van der Waals surface area contributed by atoms with Gasteiger partial charge in [0.05, 0.1) is 15.8 Å². The lowest BCUT2D eigenvalue weighted by molar-refractivity contribution is -0.384. The molecule has 0 unspecified atom stereocenters. The first-order valence-corrected chi connectivity index (χ1v) is 8.76. The number of para-hydroxylation sites is 3. The van der Waals surface area contributed by atoms with Gasteiger partial charge in [-0.15, -0.1) is 0 Å². The van der Waals surface area contributed by atoms with Crippen molar-refractivity contribution >= 4 is 28.2 Å². The largest absolute Gasteiger partial charge is 0.378 e. The highest BCUT2D eigenvalue weighted by Gasteiger charge is 2.11. The van der Waals surface area contributed by atoms with Gasteiger partial charge in [0.15, 0.2) is 0 Å². The van der Waals surface area contributed by atoms with Gasteiger partial charge in [0.1, 0.15) is 11.5 Å². The summed E-state index contributed by atoms with van der Waals surface area (Å²) in [6.07, 6.45) is 0.482. The summed E-state index contributed by atoms with van der Waals surface area (Å²) in [7, 11) is 0. The maximum Gasteiger partial charge on any atom is 0.292 e. The maximum atomic E-state index is 12.0. The molecule has 3 aromatic rings. The fraction of sp³-hybridized carbons (Fsp3) is 0.211. The number of anilines is 1. The molecule has 3 N–H and O–H groups in total. The number of H-pyrrole nitrogens is 1. The normalized spacial score (nSPS) is 10.6. The standard InChI is InChI=1S/C19H19N5O4/c25-18(21-12-11-20-15-7-3-4-8-16(15)24(27)28)10-9-17-22-14-6-2-1-5-13(14)19(26)23-17/h1-8,20H,9-12H2,(H,21,25)(H,22,23,26). The monoisotopic (exact) mass is 381 g/mol. The van der Waals surface area contributed by atoms with Crippen LogP contribution in [-0.4, -0.2) is 33.9 Å². The molecule has 3 rings (SSSR count). The molecule has 0 aliphatic rings. The number of nitro benzene ring substituents is 1. The van der Waals surface area contributed by atoms with Gasteiger partial charge < -0.3 is 15.6 Å². The summed E-state index contributed by atoms with van der Waals surface area (Å²) in [5.74, 6) is 0.261. The van der Waals surface area contributed by atoms with Crippen LogP contribution >= 0.6 is 0 Å². The molecule has 0 aliphatic carbocycles. The van der Waals surface area contributed by atoms with E-state index in [1.807, 2.05) is 0 Å². The van der Waals surface area contributed by atoms with Crippen LogP contribution in [0.15, 0.2) is 53.3 Å². The highest BCUT2D eigenvalue weighted by molar-refractivity contribution is 5.78. The molecule has 0 radical (unpaired) electrons. The molecular formula is C19H19N5O4. The Morgan fingerprint density at radius 3 is 2.68 bits per heavy atom. The molecule has 0 aliphatic heterocycles. The van der Waals surface area contributed by atoms with Crippen molar-refractivity contribution in [2.45, 2.75) is 12.8 Å². The molecule has 9 heteroatoms. The van der Waals surface area contributed by atoms with E-state index in [9.17, 15) is 19.7 Å². The van der Waals surface area contributed by atoms with Crippen LogP contribution in [0.4, 0.5) is 11.4 Å². The Morgan fingerprint density at radius 1 is 1.11 bits per heavy atom. The van der Waals surface area contributed by atoms with Crippen molar-refractivity contribution in [2.24, 2.45) is 0 Å². The Hall–Kier alpha value is -3.75. The molecule has 0 bridgehead atoms. The number of nitro groups is 1. The smallest absolute Gasteiger partial charge is 0.292 e. The summed E-state index contributed by atoms with van der Waals surface area (Å²) in [4.78, 5) is 41.5. The lowest BCUT2D eigenvalue weighted by Crippen LogP contribution is -2.29. The van der Waals surface area contributed by atoms with Crippen molar-refractivity contribution < 1.29 is 9.72 Å². The Balaban J connectivity index is 1.47. The fourth-order valence-electron chi connectivity index (χ4n) is 2.76. The number of benzene rings is 2. The highest BCUT2D eigenvalue weighted by Crippen LogP contribution is 2.22. The minimum Gasteiger partial charge on any atom is -0.378 e. The van der Waals surface area contributed by atoms with E-state index in [-0.39, 0.29) is 23.6 Å². The second kappa shape index (κ2) is 8.76. The Bertz CT molecular complexity index is 1060. The quantitative estimate of drug-likeness (QED) is 0.311. The van der Waals surface area contributed by atoms with Gasteiger partial charge in [-0.25, -0.2) is 4.98 Å². The van der Waals surface area contributed by atoms with E-state index in [0.29, 0.717) is 41.9 Å². The van der Waals surface area contributed by atoms with Crippen molar-refractivity contribution in [2.75, 3.05) is 18.4 Å². The number of amides is 1. The van der Waals surface area contributed by atoms with Crippen molar-refractivity contribution in [3.05, 3.63) is 74.8 Å². The van der Waals surface area contributed by atoms with E-state index in [1.165, 1.54) is 6.07 Å². The number of carbonyl (C=O) groups is 1. The Morgan fingerprint density at radius 2 is 1.86 bits per heavy atom. The van der Waals surface area contributed by atoms with Crippen LogP contribution in [0, 0.1) is 10.1 Å². The van der Waals surface area contributed by atoms with Gasteiger partial charge in [-0.2, -0.15) is 0 Å². The number of rotatable bonds is 8. The predicted molar refractivity (Wildman–Crippen MR) is 105 cm³/mol. The molecule has 9 nitrogen and oxygen atoms in total. The van der Waals surface area contributed by atoms with Crippen molar-refractivity contribution in [3.63, 3.8) is 0 Å². The van der Waals surface area contributed by atoms with Gasteiger partial charge in [0.25, 0.3) is 11.2 Å². The SMILES string of the molecule is O=C(CCc1nc2ccccc2c(=O)[nH]1)NCCNc1ccccc1[N+](=O)[O-]. The van der Waals surface area contributed by atoms with Gasteiger partial charge in [0, 0.05) is 32.0 Å². The number of hydrogen-bond donors (Lipinski definition) is 3. The summed E-state index contributed by atoms with van der Waals surface area (Å²) in [5, 5.41) is 17.1. The zero-order valence-corrected chi connectivity index (χ0v) is 15.0. The number of nitrogens with zero attached hydrogens (tertiary/aromatic N) is 2. The third-order valence-corrected chi connectivity index (χ3v) is 4.11. The second-order valence-electron chi connectivity index (χ2n) is 6.08. The van der Waals surface area contributed by atoms with Crippen LogP contribution in [0.25, 0.3) is 10.9 Å². The fourth-order valence-corrected chi connectivity index (χ4v) is 2.76. The minimum atomic E-state index is -0.460. The number of aromatic amines is 1. The van der Waals surface area contributed by atoms with Gasteiger partial charge in [0.2, 0.25) is 5.91 Å². The van der Waals surface area contributed by atoms with Crippen LogP contribution in [0.1, 0.15) is 12.2 Å². The first-order valence-electron chi connectivity index (χ1n) is 8.76. The van der Waals surface area contributed by atoms with Crippen LogP contribution in [0.5, 0.6) is 0 Å². The molecule has 1 heterocycles. The molecule has 1 aromatic heterocycles. The van der Waals surface area contributed by atoms with Crippen molar-refractivity contribution in [1.82, 2.24) is 15.3 Å². The Labute approximate surface area is 160 Å². The molecule has 28 heavy (non-hydrogen) atoms. The summed E-state index contributed by atoms with van der Waals surface area (Å²) >= 11 is 0. The lowest BCUT2D eigenvalue weighted by atomic mass is 10.2. The minimum absolute atomic E-state index is 0.0137. The number of fused-ring (bicyclic) bond motifs is 1. The van der Waals surface area contributed by atoms with E-state index in [1.54, 1.807) is 42.5 Å². The van der Waals surface area contributed by atoms with Gasteiger partial charge >= 0.3 is 0 Å². The molecular weight excluding hydrogens is 362 g/mol. The molecule has 0 atom stereocenters. The van der Waals surface area contributed by atoms with E-state index in [2.05, 4.69) is 20.6 Å². The summed E-state index contributed by atoms with van der Waals surface area (Å²) in [6, 6.07) is 13.3. The summed E-state index contributed by atoms with van der Waals surface area (Å²) in [5.41, 5.74) is 0.754.